The van der Waals surface area contributed by atoms with Crippen LogP contribution in [0.4, 0.5) is 0 Å². The Labute approximate surface area is 141 Å². The van der Waals surface area contributed by atoms with E-state index in [1.165, 1.54) is 0 Å². The minimum absolute atomic E-state index is 0.268. The third kappa shape index (κ3) is 4.32. The third-order valence-electron chi connectivity index (χ3n) is 4.35. The van der Waals surface area contributed by atoms with Crippen molar-refractivity contribution in [3.05, 3.63) is 18.2 Å². The minimum Gasteiger partial charge on any atom is -0.486 e. The number of nitrogens with one attached hydrogen (secondary N) is 1. The van der Waals surface area contributed by atoms with Gasteiger partial charge in [-0.1, -0.05) is 0 Å². The fourth-order valence-electron chi connectivity index (χ4n) is 2.95. The van der Waals surface area contributed by atoms with Crippen molar-refractivity contribution in [2.24, 2.45) is 0 Å². The van der Waals surface area contributed by atoms with Gasteiger partial charge in [-0.2, -0.15) is 0 Å². The number of nitrogens with zero attached hydrogens (tertiary/aromatic N) is 1. The molecule has 1 fully saturated rings. The van der Waals surface area contributed by atoms with Gasteiger partial charge in [-0.3, -0.25) is 4.79 Å². The molecular weight excluding hydrogens is 312 g/mol. The van der Waals surface area contributed by atoms with Crippen LogP contribution in [-0.4, -0.2) is 56.0 Å². The summed E-state index contributed by atoms with van der Waals surface area (Å²) in [6.07, 6.45) is 2.69. The van der Waals surface area contributed by atoms with E-state index >= 15 is 0 Å². The van der Waals surface area contributed by atoms with E-state index in [2.05, 4.69) is 5.32 Å². The smallest absolute Gasteiger partial charge is 0.223 e. The summed E-state index contributed by atoms with van der Waals surface area (Å²) < 4.78 is 11.1. The maximum Gasteiger partial charge on any atom is 0.223 e. The van der Waals surface area contributed by atoms with E-state index in [1.54, 1.807) is 11.8 Å². The monoisotopic (exact) mass is 336 g/mol. The van der Waals surface area contributed by atoms with Crippen LogP contribution in [0.2, 0.25) is 0 Å². The van der Waals surface area contributed by atoms with Crippen molar-refractivity contribution < 1.29 is 14.3 Å². The van der Waals surface area contributed by atoms with Crippen LogP contribution in [0, 0.1) is 0 Å². The van der Waals surface area contributed by atoms with E-state index in [9.17, 15) is 4.79 Å². The van der Waals surface area contributed by atoms with Crippen LogP contribution >= 0.6 is 11.8 Å². The predicted octanol–water partition coefficient (Wildman–Crippen LogP) is 2.15. The van der Waals surface area contributed by atoms with E-state index in [4.69, 9.17) is 9.47 Å². The lowest BCUT2D eigenvalue weighted by molar-refractivity contribution is -0.131. The number of piperidine rings is 1. The summed E-state index contributed by atoms with van der Waals surface area (Å²) in [5.41, 5.74) is 0. The van der Waals surface area contributed by atoms with Crippen molar-refractivity contribution in [3.63, 3.8) is 0 Å². The lowest BCUT2D eigenvalue weighted by atomic mass is 10.1. The van der Waals surface area contributed by atoms with Crippen LogP contribution in [0.25, 0.3) is 0 Å². The molecule has 1 aromatic carbocycles. The molecule has 5 nitrogen and oxygen atoms in total. The maximum absolute atomic E-state index is 12.3. The molecule has 0 aromatic heterocycles. The lowest BCUT2D eigenvalue weighted by Gasteiger charge is -2.31. The quantitative estimate of drug-likeness (QED) is 0.835. The Bertz CT molecular complexity index is 545. The zero-order valence-corrected chi connectivity index (χ0v) is 14.4. The molecule has 23 heavy (non-hydrogen) atoms. The molecule has 126 valence electrons. The highest BCUT2D eigenvalue weighted by Crippen LogP contribution is 2.34. The first-order valence-corrected chi connectivity index (χ1v) is 9.22. The zero-order chi connectivity index (χ0) is 16.1. The molecule has 0 radical (unpaired) electrons. The molecule has 2 aliphatic heterocycles. The van der Waals surface area contributed by atoms with Gasteiger partial charge in [-0.05, 0) is 38.1 Å². The van der Waals surface area contributed by atoms with Crippen LogP contribution in [-0.2, 0) is 4.79 Å². The second-order valence-electron chi connectivity index (χ2n) is 5.85. The maximum atomic E-state index is 12.3. The zero-order valence-electron chi connectivity index (χ0n) is 13.5. The van der Waals surface area contributed by atoms with Gasteiger partial charge < -0.3 is 19.7 Å². The summed E-state index contributed by atoms with van der Waals surface area (Å²) in [5.74, 6) is 2.68. The van der Waals surface area contributed by atoms with E-state index in [-0.39, 0.29) is 5.91 Å². The molecule has 2 heterocycles. The van der Waals surface area contributed by atoms with E-state index in [0.717, 1.165) is 48.1 Å². The Balaban J connectivity index is 1.43. The van der Waals surface area contributed by atoms with Gasteiger partial charge in [0, 0.05) is 36.2 Å². The molecule has 0 atom stereocenters. The molecule has 0 saturated carbocycles. The first kappa shape index (κ1) is 16.5. The standard InChI is InChI=1S/C17H24N2O3S/c1-18-13-4-7-19(8-5-13)17(20)6-11-23-14-2-3-15-16(12-14)22-10-9-21-15/h2-3,12-13,18H,4-11H2,1H3. The number of ether oxygens (including phenoxy) is 2. The lowest BCUT2D eigenvalue weighted by Crippen LogP contribution is -2.44. The molecule has 0 aliphatic carbocycles. The van der Waals surface area contributed by atoms with Gasteiger partial charge in [0.1, 0.15) is 13.2 Å². The summed E-state index contributed by atoms with van der Waals surface area (Å²) in [6.45, 7) is 2.96. The largest absolute Gasteiger partial charge is 0.486 e. The van der Waals surface area contributed by atoms with Gasteiger partial charge in [-0.25, -0.2) is 0 Å². The van der Waals surface area contributed by atoms with Crippen LogP contribution < -0.4 is 14.8 Å². The molecular formula is C17H24N2O3S. The minimum atomic E-state index is 0.268. The Kier molecular flexibility index (Phi) is 5.67. The van der Waals surface area contributed by atoms with Gasteiger partial charge in [0.05, 0.1) is 0 Å². The van der Waals surface area contributed by atoms with Crippen LogP contribution in [0.1, 0.15) is 19.3 Å². The van der Waals surface area contributed by atoms with Gasteiger partial charge in [0.15, 0.2) is 11.5 Å². The Morgan fingerprint density at radius 1 is 1.26 bits per heavy atom. The van der Waals surface area contributed by atoms with Crippen molar-refractivity contribution in [1.29, 1.82) is 0 Å². The van der Waals surface area contributed by atoms with Gasteiger partial charge in [-0.15, -0.1) is 11.8 Å². The van der Waals surface area contributed by atoms with Crippen LogP contribution in [0.15, 0.2) is 23.1 Å². The molecule has 0 bridgehead atoms. The predicted molar refractivity (Wildman–Crippen MR) is 91.4 cm³/mol. The Morgan fingerprint density at radius 3 is 2.74 bits per heavy atom. The third-order valence-corrected chi connectivity index (χ3v) is 5.35. The molecule has 1 amide bonds. The molecule has 3 rings (SSSR count). The number of fused-ring (bicyclic) bond motifs is 1. The molecule has 2 aliphatic rings. The highest BCUT2D eigenvalue weighted by atomic mass is 32.2. The molecule has 0 spiro atoms. The SMILES string of the molecule is CNC1CCN(C(=O)CCSc2ccc3c(c2)OCCO3)CC1. The average Bonchev–Trinajstić information content (AvgIpc) is 2.61. The molecule has 1 saturated heterocycles. The Hall–Kier alpha value is -1.40. The number of carbonyl (C=O) groups excluding carboxylic acids is 1. The summed E-state index contributed by atoms with van der Waals surface area (Å²) in [6, 6.07) is 6.54. The number of carbonyl (C=O) groups is 1. The summed E-state index contributed by atoms with van der Waals surface area (Å²) in [5, 5.41) is 3.29. The number of benzene rings is 1. The van der Waals surface area contributed by atoms with E-state index < -0.39 is 0 Å². The normalized spacial score (nSPS) is 18.0. The van der Waals surface area contributed by atoms with Crippen molar-refractivity contribution in [1.82, 2.24) is 10.2 Å². The summed E-state index contributed by atoms with van der Waals surface area (Å²) in [7, 11) is 1.99. The van der Waals surface area contributed by atoms with Crippen LogP contribution in [0.5, 0.6) is 11.5 Å². The molecule has 6 heteroatoms. The number of hydrogen-bond donors (Lipinski definition) is 1. The fourth-order valence-corrected chi connectivity index (χ4v) is 3.81. The highest BCUT2D eigenvalue weighted by Gasteiger charge is 2.21. The first-order valence-electron chi connectivity index (χ1n) is 8.24. The van der Waals surface area contributed by atoms with Crippen molar-refractivity contribution in [3.8, 4) is 11.5 Å². The second kappa shape index (κ2) is 7.93. The molecule has 0 unspecified atom stereocenters. The number of rotatable bonds is 5. The fraction of sp³-hybridized carbons (Fsp3) is 0.588. The van der Waals surface area contributed by atoms with Crippen molar-refractivity contribution in [2.45, 2.75) is 30.2 Å². The number of likely N-dealkylation sites (tertiary alicyclic amines) is 1. The average molecular weight is 336 g/mol. The van der Waals surface area contributed by atoms with E-state index in [0.29, 0.717) is 25.7 Å². The van der Waals surface area contributed by atoms with Gasteiger partial charge in [0.25, 0.3) is 0 Å². The van der Waals surface area contributed by atoms with Crippen molar-refractivity contribution in [2.75, 3.05) is 39.1 Å². The van der Waals surface area contributed by atoms with E-state index in [1.807, 2.05) is 30.1 Å². The number of amides is 1. The number of thioether (sulfide) groups is 1. The molecule has 1 N–H and O–H groups in total. The number of hydrogen-bond acceptors (Lipinski definition) is 5. The topological polar surface area (TPSA) is 50.8 Å². The highest BCUT2D eigenvalue weighted by molar-refractivity contribution is 7.99. The Morgan fingerprint density at radius 2 is 2.00 bits per heavy atom. The van der Waals surface area contributed by atoms with Crippen LogP contribution in [0.3, 0.4) is 0 Å². The summed E-state index contributed by atoms with van der Waals surface area (Å²) in [4.78, 5) is 15.4. The van der Waals surface area contributed by atoms with Gasteiger partial charge >= 0.3 is 0 Å². The molecule has 1 aromatic rings. The first-order chi connectivity index (χ1) is 11.3. The second-order valence-corrected chi connectivity index (χ2v) is 7.02. The van der Waals surface area contributed by atoms with Crippen molar-refractivity contribution >= 4 is 17.7 Å². The van der Waals surface area contributed by atoms with Gasteiger partial charge in [0.2, 0.25) is 5.91 Å². The summed E-state index contributed by atoms with van der Waals surface area (Å²) >= 11 is 1.70.